The lowest BCUT2D eigenvalue weighted by molar-refractivity contribution is -0.118. The summed E-state index contributed by atoms with van der Waals surface area (Å²) in [5, 5.41) is 2.72. The highest BCUT2D eigenvalue weighted by Gasteiger charge is 2.27. The molecule has 0 unspecified atom stereocenters. The second-order valence-electron chi connectivity index (χ2n) is 7.31. The number of aryl methyl sites for hydroxylation is 1. The third-order valence-corrected chi connectivity index (χ3v) is 7.12. The normalized spacial score (nSPS) is 15.3. The number of hydrogen-bond donors (Lipinski definition) is 1. The maximum absolute atomic E-state index is 13.1. The Morgan fingerprint density at radius 3 is 2.27 bits per heavy atom. The van der Waals surface area contributed by atoms with Crippen LogP contribution in [0.1, 0.15) is 31.2 Å². The van der Waals surface area contributed by atoms with Crippen molar-refractivity contribution in [1.29, 1.82) is 0 Å². The first-order valence-electron chi connectivity index (χ1n) is 10.1. The average molecular weight is 433 g/mol. The maximum Gasteiger partial charge on any atom is 0.262 e. The average Bonchev–Trinajstić information content (AvgIpc) is 3.04. The van der Waals surface area contributed by atoms with E-state index in [1.807, 2.05) is 0 Å². The van der Waals surface area contributed by atoms with Crippen molar-refractivity contribution in [3.05, 3.63) is 48.0 Å². The van der Waals surface area contributed by atoms with Crippen molar-refractivity contribution in [3.63, 3.8) is 0 Å². The van der Waals surface area contributed by atoms with Crippen molar-refractivity contribution in [1.82, 2.24) is 4.31 Å². The van der Waals surface area contributed by atoms with Crippen molar-refractivity contribution in [3.8, 4) is 11.5 Å². The van der Waals surface area contributed by atoms with Gasteiger partial charge in [0.05, 0.1) is 12.0 Å². The Labute approximate surface area is 178 Å². The van der Waals surface area contributed by atoms with Gasteiger partial charge in [-0.05, 0) is 61.7 Å². The predicted octanol–water partition coefficient (Wildman–Crippen LogP) is 3.59. The minimum Gasteiger partial charge on any atom is -0.497 e. The third-order valence-electron chi connectivity index (χ3n) is 5.08. The zero-order valence-corrected chi connectivity index (χ0v) is 18.2. The lowest BCUT2D eigenvalue weighted by Crippen LogP contribution is -2.32. The first-order valence-corrected chi connectivity index (χ1v) is 11.5. The van der Waals surface area contributed by atoms with Crippen LogP contribution >= 0.6 is 0 Å². The van der Waals surface area contributed by atoms with Gasteiger partial charge in [-0.15, -0.1) is 0 Å². The molecule has 0 atom stereocenters. The first-order chi connectivity index (χ1) is 14.4. The first kappa shape index (κ1) is 22.1. The van der Waals surface area contributed by atoms with Crippen LogP contribution in [-0.4, -0.2) is 45.4 Å². The molecular formula is C22H28N2O5S. The van der Waals surface area contributed by atoms with E-state index in [1.165, 1.54) is 6.07 Å². The number of ether oxygens (including phenoxy) is 2. The fourth-order valence-corrected chi connectivity index (χ4v) is 5.16. The summed E-state index contributed by atoms with van der Waals surface area (Å²) in [6, 6.07) is 11.8. The van der Waals surface area contributed by atoms with Crippen LogP contribution in [0.2, 0.25) is 0 Å². The smallest absolute Gasteiger partial charge is 0.262 e. The van der Waals surface area contributed by atoms with Crippen LogP contribution in [0.25, 0.3) is 0 Å². The minimum absolute atomic E-state index is 0.186. The van der Waals surface area contributed by atoms with Gasteiger partial charge >= 0.3 is 0 Å². The molecule has 1 amide bonds. The molecule has 0 aromatic heterocycles. The van der Waals surface area contributed by atoms with Gasteiger partial charge in [0.25, 0.3) is 5.91 Å². The molecule has 0 radical (unpaired) electrons. The van der Waals surface area contributed by atoms with E-state index in [1.54, 1.807) is 54.7 Å². The van der Waals surface area contributed by atoms with Gasteiger partial charge in [0.1, 0.15) is 11.5 Å². The van der Waals surface area contributed by atoms with Crippen LogP contribution < -0.4 is 14.8 Å². The molecule has 0 bridgehead atoms. The molecule has 0 aliphatic carbocycles. The molecule has 1 saturated heterocycles. The topological polar surface area (TPSA) is 84.9 Å². The van der Waals surface area contributed by atoms with Gasteiger partial charge in [-0.25, -0.2) is 8.42 Å². The Hall–Kier alpha value is -2.58. The molecule has 1 aliphatic heterocycles. The van der Waals surface area contributed by atoms with Gasteiger partial charge < -0.3 is 14.8 Å². The molecule has 2 aromatic carbocycles. The van der Waals surface area contributed by atoms with Gasteiger partial charge in [-0.2, -0.15) is 4.31 Å². The molecular weight excluding hydrogens is 404 g/mol. The number of hydrogen-bond acceptors (Lipinski definition) is 5. The van der Waals surface area contributed by atoms with E-state index in [9.17, 15) is 13.2 Å². The predicted molar refractivity (Wildman–Crippen MR) is 116 cm³/mol. The van der Waals surface area contributed by atoms with Crippen LogP contribution in [0.15, 0.2) is 47.4 Å². The molecule has 1 aliphatic rings. The molecule has 30 heavy (non-hydrogen) atoms. The number of rotatable bonds is 7. The maximum atomic E-state index is 13.1. The number of amides is 1. The van der Waals surface area contributed by atoms with E-state index in [-0.39, 0.29) is 17.4 Å². The molecule has 0 spiro atoms. The summed E-state index contributed by atoms with van der Waals surface area (Å²) >= 11 is 0. The number of sulfonamides is 1. The summed E-state index contributed by atoms with van der Waals surface area (Å²) < 4.78 is 38.4. The number of nitrogens with zero attached hydrogens (tertiary/aromatic N) is 1. The van der Waals surface area contributed by atoms with Crippen LogP contribution in [-0.2, 0) is 14.8 Å². The van der Waals surface area contributed by atoms with Gasteiger partial charge in [0, 0.05) is 18.8 Å². The van der Waals surface area contributed by atoms with Crippen molar-refractivity contribution in [2.24, 2.45) is 0 Å². The summed E-state index contributed by atoms with van der Waals surface area (Å²) in [7, 11) is -2.02. The molecule has 0 saturated carbocycles. The van der Waals surface area contributed by atoms with E-state index in [2.05, 4.69) is 5.32 Å². The molecule has 7 nitrogen and oxygen atoms in total. The van der Waals surface area contributed by atoms with Crippen molar-refractivity contribution in [2.45, 2.75) is 37.5 Å². The van der Waals surface area contributed by atoms with Crippen molar-refractivity contribution >= 4 is 21.6 Å². The molecule has 8 heteroatoms. The van der Waals surface area contributed by atoms with Crippen LogP contribution in [0.3, 0.4) is 0 Å². The number of nitrogens with one attached hydrogen (secondary N) is 1. The molecule has 2 aromatic rings. The Morgan fingerprint density at radius 2 is 1.63 bits per heavy atom. The lowest BCUT2D eigenvalue weighted by Gasteiger charge is -2.21. The van der Waals surface area contributed by atoms with E-state index < -0.39 is 10.0 Å². The van der Waals surface area contributed by atoms with Crippen LogP contribution in [0.4, 0.5) is 5.69 Å². The Morgan fingerprint density at radius 1 is 1.00 bits per heavy atom. The van der Waals surface area contributed by atoms with Gasteiger partial charge in [-0.3, -0.25) is 4.79 Å². The van der Waals surface area contributed by atoms with E-state index >= 15 is 0 Å². The largest absolute Gasteiger partial charge is 0.497 e. The Bertz CT molecular complexity index is 966. The molecule has 3 rings (SSSR count). The standard InChI is InChI=1S/C22H28N2O5S/c1-17-7-8-18(15-21(17)30(26,27)24-13-5-3-4-6-14-24)23-22(25)16-29-20-11-9-19(28-2)10-12-20/h7-12,15H,3-6,13-14,16H2,1-2H3,(H,23,25). The summed E-state index contributed by atoms with van der Waals surface area (Å²) in [4.78, 5) is 12.5. The van der Waals surface area contributed by atoms with Crippen molar-refractivity contribution in [2.75, 3.05) is 32.1 Å². The highest BCUT2D eigenvalue weighted by atomic mass is 32.2. The number of methoxy groups -OCH3 is 1. The lowest BCUT2D eigenvalue weighted by atomic mass is 10.2. The molecule has 1 heterocycles. The van der Waals surface area contributed by atoms with E-state index in [0.29, 0.717) is 35.8 Å². The van der Waals surface area contributed by atoms with Gasteiger partial charge in [-0.1, -0.05) is 18.9 Å². The second kappa shape index (κ2) is 9.95. The van der Waals surface area contributed by atoms with E-state index in [0.717, 1.165) is 25.7 Å². The highest BCUT2D eigenvalue weighted by Crippen LogP contribution is 2.26. The molecule has 1 N–H and O–H groups in total. The minimum atomic E-state index is -3.60. The third kappa shape index (κ3) is 5.52. The second-order valence-corrected chi connectivity index (χ2v) is 9.22. The SMILES string of the molecule is COc1ccc(OCC(=O)Nc2ccc(C)c(S(=O)(=O)N3CCCCCC3)c2)cc1. The summed E-state index contributed by atoms with van der Waals surface area (Å²) in [6.45, 7) is 2.65. The van der Waals surface area contributed by atoms with Crippen LogP contribution in [0.5, 0.6) is 11.5 Å². The summed E-state index contributed by atoms with van der Waals surface area (Å²) in [6.07, 6.45) is 3.85. The van der Waals surface area contributed by atoms with Gasteiger partial charge in [0.15, 0.2) is 6.61 Å². The van der Waals surface area contributed by atoms with Crippen molar-refractivity contribution < 1.29 is 22.7 Å². The monoisotopic (exact) mass is 432 g/mol. The number of anilines is 1. The fourth-order valence-electron chi connectivity index (χ4n) is 3.39. The summed E-state index contributed by atoms with van der Waals surface area (Å²) in [5.74, 6) is 0.872. The number of benzene rings is 2. The Kier molecular flexibility index (Phi) is 7.33. The van der Waals surface area contributed by atoms with E-state index in [4.69, 9.17) is 9.47 Å². The fraction of sp³-hybridized carbons (Fsp3) is 0.409. The molecule has 162 valence electrons. The zero-order chi connectivity index (χ0) is 21.6. The number of carbonyl (C=O) groups is 1. The highest BCUT2D eigenvalue weighted by molar-refractivity contribution is 7.89. The molecule has 1 fully saturated rings. The van der Waals surface area contributed by atoms with Crippen LogP contribution in [0, 0.1) is 6.92 Å². The number of carbonyl (C=O) groups excluding carboxylic acids is 1. The summed E-state index contributed by atoms with van der Waals surface area (Å²) in [5.41, 5.74) is 1.09. The van der Waals surface area contributed by atoms with Gasteiger partial charge in [0.2, 0.25) is 10.0 Å². The Balaban J connectivity index is 1.67. The quantitative estimate of drug-likeness (QED) is 0.723. The zero-order valence-electron chi connectivity index (χ0n) is 17.4.